The van der Waals surface area contributed by atoms with Gasteiger partial charge >= 0.3 is 0 Å². The van der Waals surface area contributed by atoms with Crippen LogP contribution in [0.1, 0.15) is 12.2 Å². The third kappa shape index (κ3) is 1.06. The lowest BCUT2D eigenvalue weighted by Crippen LogP contribution is -1.82. The molecule has 1 aliphatic carbocycles. The standard InChI is InChI=1S/C11H9N3/c1-2-5-8(4-1)10-13-9-6-3-7-12-11(9)14-10/h1-4,6-7H,5H2,(H,12,13,14). The molecule has 0 radical (unpaired) electrons. The van der Waals surface area contributed by atoms with E-state index in [1.54, 1.807) is 6.20 Å². The molecule has 1 aliphatic rings. The Labute approximate surface area is 81.2 Å². The molecular weight excluding hydrogens is 174 g/mol. The first-order chi connectivity index (χ1) is 6.93. The summed E-state index contributed by atoms with van der Waals surface area (Å²) >= 11 is 0. The fraction of sp³-hybridized carbons (Fsp3) is 0.0909. The van der Waals surface area contributed by atoms with Gasteiger partial charge in [0.1, 0.15) is 5.82 Å². The normalized spacial score (nSPS) is 15.0. The van der Waals surface area contributed by atoms with Gasteiger partial charge in [0.15, 0.2) is 5.65 Å². The number of allylic oxidation sites excluding steroid dienone is 4. The molecule has 0 aliphatic heterocycles. The average Bonchev–Trinajstić information content (AvgIpc) is 2.86. The lowest BCUT2D eigenvalue weighted by Gasteiger charge is -1.92. The summed E-state index contributed by atoms with van der Waals surface area (Å²) in [5.74, 6) is 0.934. The minimum atomic E-state index is 0.787. The minimum Gasteiger partial charge on any atom is -0.337 e. The molecule has 3 rings (SSSR count). The molecule has 1 N–H and O–H groups in total. The molecule has 14 heavy (non-hydrogen) atoms. The number of nitrogens with one attached hydrogen (secondary N) is 1. The first-order valence-electron chi connectivity index (χ1n) is 4.60. The summed E-state index contributed by atoms with van der Waals surface area (Å²) in [7, 11) is 0. The van der Waals surface area contributed by atoms with Crippen LogP contribution in [0.3, 0.4) is 0 Å². The van der Waals surface area contributed by atoms with Crippen molar-refractivity contribution in [1.82, 2.24) is 15.0 Å². The molecule has 0 fully saturated rings. The molecule has 0 amide bonds. The second-order valence-corrected chi connectivity index (χ2v) is 3.28. The minimum absolute atomic E-state index is 0.787. The number of nitrogens with zero attached hydrogens (tertiary/aromatic N) is 2. The van der Waals surface area contributed by atoms with Crippen LogP contribution in [0.4, 0.5) is 0 Å². The van der Waals surface area contributed by atoms with Gasteiger partial charge in [-0.25, -0.2) is 9.97 Å². The molecule has 2 aromatic heterocycles. The van der Waals surface area contributed by atoms with Crippen LogP contribution in [0.25, 0.3) is 16.7 Å². The molecule has 3 nitrogen and oxygen atoms in total. The first kappa shape index (κ1) is 7.50. The Bertz CT molecular complexity index is 501. The topological polar surface area (TPSA) is 41.6 Å². The Morgan fingerprint density at radius 3 is 3.14 bits per heavy atom. The van der Waals surface area contributed by atoms with Crippen LogP contribution in [-0.2, 0) is 0 Å². The van der Waals surface area contributed by atoms with E-state index in [1.165, 1.54) is 5.57 Å². The molecule has 0 saturated carbocycles. The van der Waals surface area contributed by atoms with Gasteiger partial charge in [-0.15, -0.1) is 0 Å². The first-order valence-corrected chi connectivity index (χ1v) is 4.60. The Balaban J connectivity index is 2.15. The predicted octanol–water partition coefficient (Wildman–Crippen LogP) is 2.30. The predicted molar refractivity (Wildman–Crippen MR) is 55.6 cm³/mol. The zero-order valence-corrected chi connectivity index (χ0v) is 7.57. The fourth-order valence-corrected chi connectivity index (χ4v) is 1.62. The average molecular weight is 183 g/mol. The Kier molecular flexibility index (Phi) is 1.50. The molecule has 0 saturated heterocycles. The monoisotopic (exact) mass is 183 g/mol. The van der Waals surface area contributed by atoms with E-state index >= 15 is 0 Å². The Hall–Kier alpha value is -1.90. The number of fused-ring (bicyclic) bond motifs is 1. The van der Waals surface area contributed by atoms with Gasteiger partial charge in [0.25, 0.3) is 0 Å². The molecule has 68 valence electrons. The second kappa shape index (κ2) is 2.80. The highest BCUT2D eigenvalue weighted by Crippen LogP contribution is 2.22. The van der Waals surface area contributed by atoms with Gasteiger partial charge in [-0.1, -0.05) is 18.2 Å². The lowest BCUT2D eigenvalue weighted by molar-refractivity contribution is 1.21. The van der Waals surface area contributed by atoms with E-state index in [0.29, 0.717) is 0 Å². The molecule has 0 aromatic carbocycles. The summed E-state index contributed by atoms with van der Waals surface area (Å²) < 4.78 is 0. The Morgan fingerprint density at radius 2 is 2.36 bits per heavy atom. The molecule has 3 heteroatoms. The van der Waals surface area contributed by atoms with E-state index in [9.17, 15) is 0 Å². The number of pyridine rings is 1. The van der Waals surface area contributed by atoms with Gasteiger partial charge < -0.3 is 4.98 Å². The van der Waals surface area contributed by atoms with Crippen molar-refractivity contribution in [1.29, 1.82) is 0 Å². The maximum atomic E-state index is 4.42. The summed E-state index contributed by atoms with van der Waals surface area (Å²) in [6, 6.07) is 3.90. The lowest BCUT2D eigenvalue weighted by atomic mass is 10.2. The van der Waals surface area contributed by atoms with Crippen molar-refractivity contribution in [3.8, 4) is 0 Å². The maximum absolute atomic E-state index is 4.42. The number of imidazole rings is 1. The zero-order chi connectivity index (χ0) is 9.38. The zero-order valence-electron chi connectivity index (χ0n) is 7.57. The van der Waals surface area contributed by atoms with E-state index in [1.807, 2.05) is 12.1 Å². The van der Waals surface area contributed by atoms with Crippen molar-refractivity contribution in [3.05, 3.63) is 42.4 Å². The van der Waals surface area contributed by atoms with Gasteiger partial charge in [0, 0.05) is 6.20 Å². The second-order valence-electron chi connectivity index (χ2n) is 3.28. The number of hydrogen-bond donors (Lipinski definition) is 1. The van der Waals surface area contributed by atoms with Crippen LogP contribution in [0, 0.1) is 0 Å². The van der Waals surface area contributed by atoms with E-state index in [0.717, 1.165) is 23.4 Å². The molecule has 0 atom stereocenters. The van der Waals surface area contributed by atoms with Crippen LogP contribution in [0.5, 0.6) is 0 Å². The highest BCUT2D eigenvalue weighted by atomic mass is 15.0. The highest BCUT2D eigenvalue weighted by Gasteiger charge is 2.08. The summed E-state index contributed by atoms with van der Waals surface area (Å²) in [6.45, 7) is 0. The molecule has 0 spiro atoms. The van der Waals surface area contributed by atoms with Gasteiger partial charge in [-0.3, -0.25) is 0 Å². The number of aromatic amines is 1. The highest BCUT2D eigenvalue weighted by molar-refractivity contribution is 5.76. The summed E-state index contributed by atoms with van der Waals surface area (Å²) in [6.07, 6.45) is 8.97. The van der Waals surface area contributed by atoms with Gasteiger partial charge in [0.2, 0.25) is 0 Å². The summed E-state index contributed by atoms with van der Waals surface area (Å²) in [5.41, 5.74) is 3.01. The molecular formula is C11H9N3. The molecule has 2 heterocycles. The SMILES string of the molecule is C1=CCC(c2nc3ncccc3[nH]2)=C1. The van der Waals surface area contributed by atoms with Gasteiger partial charge in [-0.2, -0.15) is 0 Å². The van der Waals surface area contributed by atoms with Crippen molar-refractivity contribution < 1.29 is 0 Å². The van der Waals surface area contributed by atoms with Crippen molar-refractivity contribution in [3.63, 3.8) is 0 Å². The van der Waals surface area contributed by atoms with Crippen molar-refractivity contribution in [2.45, 2.75) is 6.42 Å². The summed E-state index contributed by atoms with van der Waals surface area (Å²) in [4.78, 5) is 11.9. The number of H-pyrrole nitrogens is 1. The van der Waals surface area contributed by atoms with Crippen LogP contribution >= 0.6 is 0 Å². The van der Waals surface area contributed by atoms with E-state index in [2.05, 4.69) is 33.2 Å². The fourth-order valence-electron chi connectivity index (χ4n) is 1.62. The van der Waals surface area contributed by atoms with Gasteiger partial charge in [-0.05, 0) is 24.1 Å². The van der Waals surface area contributed by atoms with Crippen molar-refractivity contribution in [2.75, 3.05) is 0 Å². The van der Waals surface area contributed by atoms with Crippen LogP contribution in [0.15, 0.2) is 36.6 Å². The number of aromatic nitrogens is 3. The van der Waals surface area contributed by atoms with Crippen LogP contribution in [0.2, 0.25) is 0 Å². The quantitative estimate of drug-likeness (QED) is 0.737. The molecule has 2 aromatic rings. The number of hydrogen-bond acceptors (Lipinski definition) is 2. The molecule has 0 unspecified atom stereocenters. The largest absolute Gasteiger partial charge is 0.337 e. The Morgan fingerprint density at radius 1 is 1.36 bits per heavy atom. The van der Waals surface area contributed by atoms with Crippen molar-refractivity contribution in [2.24, 2.45) is 0 Å². The van der Waals surface area contributed by atoms with E-state index in [-0.39, 0.29) is 0 Å². The molecule has 0 bridgehead atoms. The third-order valence-corrected chi connectivity index (χ3v) is 2.33. The van der Waals surface area contributed by atoms with Crippen LogP contribution < -0.4 is 0 Å². The van der Waals surface area contributed by atoms with E-state index in [4.69, 9.17) is 0 Å². The van der Waals surface area contributed by atoms with Gasteiger partial charge in [0.05, 0.1) is 5.52 Å². The smallest absolute Gasteiger partial charge is 0.178 e. The number of rotatable bonds is 1. The van der Waals surface area contributed by atoms with E-state index < -0.39 is 0 Å². The van der Waals surface area contributed by atoms with Crippen molar-refractivity contribution >= 4 is 16.7 Å². The maximum Gasteiger partial charge on any atom is 0.178 e. The third-order valence-electron chi connectivity index (χ3n) is 2.33. The summed E-state index contributed by atoms with van der Waals surface area (Å²) in [5, 5.41) is 0. The van der Waals surface area contributed by atoms with Crippen LogP contribution in [-0.4, -0.2) is 15.0 Å².